The van der Waals surface area contributed by atoms with Crippen molar-refractivity contribution in [2.45, 2.75) is 20.4 Å². The molecule has 7 nitrogen and oxygen atoms in total. The zero-order valence-corrected chi connectivity index (χ0v) is 16.3. The van der Waals surface area contributed by atoms with Crippen LogP contribution >= 0.6 is 0 Å². The van der Waals surface area contributed by atoms with Gasteiger partial charge in [0.15, 0.2) is 0 Å². The first-order valence-corrected chi connectivity index (χ1v) is 8.92. The minimum absolute atomic E-state index is 0.0673. The van der Waals surface area contributed by atoms with E-state index in [0.717, 1.165) is 5.56 Å². The summed E-state index contributed by atoms with van der Waals surface area (Å²) in [5, 5.41) is 0. The molecule has 0 aliphatic heterocycles. The van der Waals surface area contributed by atoms with Crippen LogP contribution in [-0.2, 0) is 23.1 Å². The minimum Gasteiger partial charge on any atom is -0.465 e. The van der Waals surface area contributed by atoms with Crippen LogP contribution in [-0.4, -0.2) is 34.8 Å². The van der Waals surface area contributed by atoms with Crippen molar-refractivity contribution in [3.63, 3.8) is 0 Å². The smallest absolute Gasteiger partial charge is 0.343 e. The first kappa shape index (κ1) is 19.4. The highest BCUT2D eigenvalue weighted by molar-refractivity contribution is 6.05. The number of ether oxygens (including phenoxy) is 2. The molecular weight excluding hydrogens is 360 g/mol. The summed E-state index contributed by atoms with van der Waals surface area (Å²) < 4.78 is 13.3. The number of carbonyl (C=O) groups is 2. The van der Waals surface area contributed by atoms with Gasteiger partial charge < -0.3 is 18.6 Å². The molecule has 28 heavy (non-hydrogen) atoms. The molecule has 0 atom stereocenters. The lowest BCUT2D eigenvalue weighted by Gasteiger charge is -2.13. The molecule has 7 heteroatoms. The van der Waals surface area contributed by atoms with Crippen LogP contribution in [0, 0.1) is 6.92 Å². The van der Waals surface area contributed by atoms with E-state index < -0.39 is 17.4 Å². The van der Waals surface area contributed by atoms with Crippen LogP contribution in [0.5, 0.6) is 0 Å². The van der Waals surface area contributed by atoms with Crippen molar-refractivity contribution < 1.29 is 19.1 Å². The molecule has 3 aromatic rings. The topological polar surface area (TPSA) is 79.5 Å². The molecule has 0 saturated carbocycles. The van der Waals surface area contributed by atoms with E-state index >= 15 is 0 Å². The molecule has 0 radical (unpaired) electrons. The molecule has 0 bridgehead atoms. The summed E-state index contributed by atoms with van der Waals surface area (Å²) in [5.74, 6) is -1.22. The van der Waals surface area contributed by atoms with Crippen LogP contribution in [0.25, 0.3) is 11.0 Å². The number of hydrogen-bond acceptors (Lipinski definition) is 5. The van der Waals surface area contributed by atoms with E-state index in [1.54, 1.807) is 30.0 Å². The average Bonchev–Trinajstić information content (AvgIpc) is 2.96. The van der Waals surface area contributed by atoms with Gasteiger partial charge >= 0.3 is 11.9 Å². The molecule has 0 unspecified atom stereocenters. The predicted octanol–water partition coefficient (Wildman–Crippen LogP) is 2.66. The first-order chi connectivity index (χ1) is 13.4. The van der Waals surface area contributed by atoms with E-state index in [2.05, 4.69) is 0 Å². The van der Waals surface area contributed by atoms with Gasteiger partial charge in [0.2, 0.25) is 5.43 Å². The van der Waals surface area contributed by atoms with Gasteiger partial charge in [-0.15, -0.1) is 0 Å². The number of methoxy groups -OCH3 is 1. The Labute approximate surface area is 162 Å². The lowest BCUT2D eigenvalue weighted by Crippen LogP contribution is -2.22. The highest BCUT2D eigenvalue weighted by atomic mass is 16.5. The Kier molecular flexibility index (Phi) is 5.35. The third-order valence-corrected chi connectivity index (χ3v) is 4.77. The monoisotopic (exact) mass is 382 g/mol. The number of hydrogen-bond donors (Lipinski definition) is 0. The summed E-state index contributed by atoms with van der Waals surface area (Å²) in [6.07, 6.45) is 1.46. The number of fused-ring (bicyclic) bond motifs is 1. The molecule has 0 N–H and O–H groups in total. The summed E-state index contributed by atoms with van der Waals surface area (Å²) in [6.45, 7) is 3.95. The summed E-state index contributed by atoms with van der Waals surface area (Å²) >= 11 is 0. The fourth-order valence-corrected chi connectivity index (χ4v) is 3.34. The number of aromatic nitrogens is 2. The molecular formula is C21H22N2O5. The van der Waals surface area contributed by atoms with Crippen molar-refractivity contribution in [1.29, 1.82) is 0 Å². The molecule has 2 heterocycles. The van der Waals surface area contributed by atoms with Gasteiger partial charge in [-0.3, -0.25) is 4.79 Å². The van der Waals surface area contributed by atoms with Gasteiger partial charge in [0.05, 0.1) is 19.2 Å². The van der Waals surface area contributed by atoms with Crippen molar-refractivity contribution in [3.8, 4) is 0 Å². The zero-order valence-electron chi connectivity index (χ0n) is 16.3. The molecule has 2 aromatic heterocycles. The number of nitrogens with zero attached hydrogens (tertiary/aromatic N) is 2. The Balaban J connectivity index is 2.38. The van der Waals surface area contributed by atoms with Gasteiger partial charge in [0.25, 0.3) is 0 Å². The van der Waals surface area contributed by atoms with E-state index in [4.69, 9.17) is 9.47 Å². The quantitative estimate of drug-likeness (QED) is 0.634. The summed E-state index contributed by atoms with van der Waals surface area (Å²) in [5.41, 5.74) is 2.01. The Bertz CT molecular complexity index is 1110. The number of rotatable bonds is 5. The maximum absolute atomic E-state index is 13.1. The van der Waals surface area contributed by atoms with Crippen LogP contribution in [0.2, 0.25) is 0 Å². The first-order valence-electron chi connectivity index (χ1n) is 8.92. The standard InChI is InChI=1S/C21H22N2O5/c1-5-28-20(25)15-12-23(11-14-9-7-6-8-10-14)17-16(21(26)27-4)13(2)22(3)18(17)19(15)24/h6-10,12H,5,11H2,1-4H3. The Morgan fingerprint density at radius 2 is 1.75 bits per heavy atom. The molecule has 0 saturated heterocycles. The predicted molar refractivity (Wildman–Crippen MR) is 105 cm³/mol. The van der Waals surface area contributed by atoms with Crippen molar-refractivity contribution >= 4 is 23.0 Å². The highest BCUT2D eigenvalue weighted by Gasteiger charge is 2.27. The average molecular weight is 382 g/mol. The molecule has 0 amide bonds. The number of aryl methyl sites for hydroxylation is 1. The molecule has 0 spiro atoms. The normalized spacial score (nSPS) is 10.9. The SMILES string of the molecule is CCOC(=O)c1cn(Cc2ccccc2)c2c(C(=O)OC)c(C)n(C)c2c1=O. The summed E-state index contributed by atoms with van der Waals surface area (Å²) in [4.78, 5) is 37.9. The molecule has 146 valence electrons. The molecule has 3 rings (SSSR count). The maximum atomic E-state index is 13.1. The second kappa shape index (κ2) is 7.72. The van der Waals surface area contributed by atoms with Crippen LogP contribution in [0.1, 0.15) is 38.9 Å². The zero-order chi connectivity index (χ0) is 20.4. The van der Waals surface area contributed by atoms with Crippen molar-refractivity contribution in [3.05, 3.63) is 69.1 Å². The Morgan fingerprint density at radius 3 is 2.36 bits per heavy atom. The maximum Gasteiger partial charge on any atom is 0.343 e. The largest absolute Gasteiger partial charge is 0.465 e. The lowest BCUT2D eigenvalue weighted by atomic mass is 10.1. The third-order valence-electron chi connectivity index (χ3n) is 4.77. The van der Waals surface area contributed by atoms with Gasteiger partial charge in [0.1, 0.15) is 16.6 Å². The minimum atomic E-state index is -0.685. The van der Waals surface area contributed by atoms with Crippen LogP contribution in [0.4, 0.5) is 0 Å². The van der Waals surface area contributed by atoms with Gasteiger partial charge in [-0.05, 0) is 19.4 Å². The Hall–Kier alpha value is -3.35. The summed E-state index contributed by atoms with van der Waals surface area (Å²) in [7, 11) is 2.99. The van der Waals surface area contributed by atoms with Gasteiger partial charge in [-0.1, -0.05) is 30.3 Å². The number of esters is 2. The van der Waals surface area contributed by atoms with Crippen molar-refractivity contribution in [2.24, 2.45) is 7.05 Å². The van der Waals surface area contributed by atoms with E-state index in [1.165, 1.54) is 13.3 Å². The third kappa shape index (κ3) is 3.19. The second-order valence-electron chi connectivity index (χ2n) is 6.41. The second-order valence-corrected chi connectivity index (χ2v) is 6.41. The van der Waals surface area contributed by atoms with E-state index in [1.807, 2.05) is 30.3 Å². The fourth-order valence-electron chi connectivity index (χ4n) is 3.34. The number of pyridine rings is 1. The lowest BCUT2D eigenvalue weighted by molar-refractivity contribution is 0.0523. The van der Waals surface area contributed by atoms with Crippen LogP contribution in [0.15, 0.2) is 41.3 Å². The van der Waals surface area contributed by atoms with Crippen LogP contribution < -0.4 is 5.43 Å². The molecule has 1 aromatic carbocycles. The molecule has 0 aliphatic rings. The van der Waals surface area contributed by atoms with Crippen molar-refractivity contribution in [1.82, 2.24) is 9.13 Å². The van der Waals surface area contributed by atoms with Gasteiger partial charge in [0, 0.05) is 25.5 Å². The van der Waals surface area contributed by atoms with Gasteiger partial charge in [-0.25, -0.2) is 9.59 Å². The van der Waals surface area contributed by atoms with Crippen LogP contribution in [0.3, 0.4) is 0 Å². The fraction of sp³-hybridized carbons (Fsp3) is 0.286. The van der Waals surface area contributed by atoms with E-state index in [9.17, 15) is 14.4 Å². The number of benzene rings is 1. The van der Waals surface area contributed by atoms with Crippen molar-refractivity contribution in [2.75, 3.05) is 13.7 Å². The van der Waals surface area contributed by atoms with E-state index in [-0.39, 0.29) is 17.7 Å². The Morgan fingerprint density at radius 1 is 1.07 bits per heavy atom. The van der Waals surface area contributed by atoms with Gasteiger partial charge in [-0.2, -0.15) is 0 Å². The number of carbonyl (C=O) groups excluding carboxylic acids is 2. The highest BCUT2D eigenvalue weighted by Crippen LogP contribution is 2.25. The van der Waals surface area contributed by atoms with E-state index in [0.29, 0.717) is 23.3 Å². The molecule has 0 fully saturated rings. The summed E-state index contributed by atoms with van der Waals surface area (Å²) in [6, 6.07) is 9.57. The molecule has 0 aliphatic carbocycles.